The van der Waals surface area contributed by atoms with Gasteiger partial charge in [-0.25, -0.2) is 4.98 Å². The molecule has 0 unspecified atom stereocenters. The number of fused-ring (bicyclic) bond motifs is 2. The standard InChI is InChI=1S/C19H15N3O3S/c23-18(16-9-11-5-1-4-8-15(11)26-16)22-14(19(24)25)10-17-20-12-6-2-3-7-13(12)21-17/h1-9,14H,10H2,(H,20,21)(H,22,23)(H,24,25)/p-1/t14-/m1/s1. The van der Waals surface area contributed by atoms with Crippen molar-refractivity contribution in [1.82, 2.24) is 15.3 Å². The zero-order valence-corrected chi connectivity index (χ0v) is 14.4. The molecule has 0 saturated heterocycles. The van der Waals surface area contributed by atoms with Crippen LogP contribution in [0.5, 0.6) is 0 Å². The number of carboxylic acids is 1. The highest BCUT2D eigenvalue weighted by Crippen LogP contribution is 2.25. The molecule has 0 aliphatic carbocycles. The van der Waals surface area contributed by atoms with Crippen LogP contribution in [0.2, 0.25) is 0 Å². The Morgan fingerprint density at radius 3 is 2.69 bits per heavy atom. The predicted octanol–water partition coefficient (Wildman–Crippen LogP) is 1.87. The van der Waals surface area contributed by atoms with E-state index in [0.29, 0.717) is 10.7 Å². The van der Waals surface area contributed by atoms with E-state index < -0.39 is 17.9 Å². The predicted molar refractivity (Wildman–Crippen MR) is 97.9 cm³/mol. The summed E-state index contributed by atoms with van der Waals surface area (Å²) in [6, 6.07) is 15.6. The minimum Gasteiger partial charge on any atom is -0.548 e. The number of nitrogens with zero attached hydrogens (tertiary/aromatic N) is 1. The van der Waals surface area contributed by atoms with Crippen molar-refractivity contribution in [3.63, 3.8) is 0 Å². The van der Waals surface area contributed by atoms with E-state index in [1.165, 1.54) is 11.3 Å². The number of carbonyl (C=O) groups is 2. The molecule has 2 aromatic heterocycles. The number of H-pyrrole nitrogens is 1. The van der Waals surface area contributed by atoms with Crippen LogP contribution in [0.4, 0.5) is 0 Å². The molecule has 0 fully saturated rings. The fourth-order valence-corrected chi connectivity index (χ4v) is 3.78. The van der Waals surface area contributed by atoms with Crippen LogP contribution in [0.25, 0.3) is 21.1 Å². The molecule has 7 heteroatoms. The van der Waals surface area contributed by atoms with Crippen LogP contribution in [0.1, 0.15) is 15.5 Å². The van der Waals surface area contributed by atoms with E-state index in [1.807, 2.05) is 48.5 Å². The quantitative estimate of drug-likeness (QED) is 0.565. The van der Waals surface area contributed by atoms with Crippen LogP contribution in [0, 0.1) is 0 Å². The van der Waals surface area contributed by atoms with Gasteiger partial charge in [0.2, 0.25) is 0 Å². The maximum absolute atomic E-state index is 12.5. The Morgan fingerprint density at radius 1 is 1.15 bits per heavy atom. The average Bonchev–Trinajstić information content (AvgIpc) is 3.24. The molecule has 2 heterocycles. The summed E-state index contributed by atoms with van der Waals surface area (Å²) in [6.45, 7) is 0. The number of benzene rings is 2. The van der Waals surface area contributed by atoms with E-state index in [2.05, 4.69) is 15.3 Å². The molecule has 26 heavy (non-hydrogen) atoms. The lowest BCUT2D eigenvalue weighted by Crippen LogP contribution is -2.49. The van der Waals surface area contributed by atoms with Gasteiger partial charge in [-0.3, -0.25) is 4.79 Å². The van der Waals surface area contributed by atoms with Gasteiger partial charge in [-0.15, -0.1) is 11.3 Å². The van der Waals surface area contributed by atoms with Gasteiger partial charge in [0.05, 0.1) is 27.9 Å². The Kier molecular flexibility index (Phi) is 4.14. The van der Waals surface area contributed by atoms with Crippen molar-refractivity contribution in [3.05, 3.63) is 65.3 Å². The molecule has 0 bridgehead atoms. The second-order valence-corrected chi connectivity index (χ2v) is 6.98. The molecule has 0 aliphatic rings. The Hall–Kier alpha value is -3.19. The van der Waals surface area contributed by atoms with Gasteiger partial charge in [0, 0.05) is 11.1 Å². The number of carbonyl (C=O) groups excluding carboxylic acids is 2. The Balaban J connectivity index is 1.54. The van der Waals surface area contributed by atoms with Gasteiger partial charge in [0.1, 0.15) is 5.82 Å². The summed E-state index contributed by atoms with van der Waals surface area (Å²) >= 11 is 1.32. The number of aromatic amines is 1. The molecular weight excluding hydrogens is 350 g/mol. The van der Waals surface area contributed by atoms with Gasteiger partial charge in [0.15, 0.2) is 0 Å². The number of hydrogen-bond acceptors (Lipinski definition) is 5. The van der Waals surface area contributed by atoms with E-state index >= 15 is 0 Å². The number of aromatic nitrogens is 2. The fraction of sp³-hybridized carbons (Fsp3) is 0.105. The summed E-state index contributed by atoms with van der Waals surface area (Å²) in [5.41, 5.74) is 1.56. The molecule has 1 atom stereocenters. The van der Waals surface area contributed by atoms with Crippen molar-refractivity contribution in [2.45, 2.75) is 12.5 Å². The minimum atomic E-state index is -1.35. The molecule has 2 aromatic carbocycles. The van der Waals surface area contributed by atoms with Crippen LogP contribution in [-0.2, 0) is 11.2 Å². The Morgan fingerprint density at radius 2 is 1.92 bits per heavy atom. The normalized spacial score (nSPS) is 12.3. The molecular formula is C19H14N3O3S-. The molecule has 6 nitrogen and oxygen atoms in total. The first-order valence-electron chi connectivity index (χ1n) is 8.04. The first-order chi connectivity index (χ1) is 12.6. The SMILES string of the molecule is O=C(N[C@H](Cc1nc2ccccc2[nH]1)C(=O)[O-])c1cc2ccccc2s1. The van der Waals surface area contributed by atoms with Crippen molar-refractivity contribution >= 4 is 44.3 Å². The molecule has 0 aliphatic heterocycles. The molecule has 1 amide bonds. The molecule has 4 aromatic rings. The van der Waals surface area contributed by atoms with Crippen molar-refractivity contribution in [2.75, 3.05) is 0 Å². The van der Waals surface area contributed by atoms with Crippen molar-refractivity contribution in [3.8, 4) is 0 Å². The van der Waals surface area contributed by atoms with Crippen LogP contribution < -0.4 is 10.4 Å². The number of carboxylic acid groups (broad SMARTS) is 1. The Bertz CT molecular complexity index is 1050. The van der Waals surface area contributed by atoms with E-state index in [9.17, 15) is 14.7 Å². The smallest absolute Gasteiger partial charge is 0.261 e. The van der Waals surface area contributed by atoms with Crippen LogP contribution in [0.15, 0.2) is 54.6 Å². The third-order valence-corrected chi connectivity index (χ3v) is 5.19. The third-order valence-electron chi connectivity index (χ3n) is 4.08. The zero-order chi connectivity index (χ0) is 18.1. The lowest BCUT2D eigenvalue weighted by atomic mass is 10.2. The zero-order valence-electron chi connectivity index (χ0n) is 13.6. The number of nitrogens with one attached hydrogen (secondary N) is 2. The largest absolute Gasteiger partial charge is 0.548 e. The number of amides is 1. The summed E-state index contributed by atoms with van der Waals surface area (Å²) in [7, 11) is 0. The highest BCUT2D eigenvalue weighted by molar-refractivity contribution is 7.20. The monoisotopic (exact) mass is 364 g/mol. The molecule has 2 N–H and O–H groups in total. The van der Waals surface area contributed by atoms with Crippen LogP contribution in [-0.4, -0.2) is 27.9 Å². The summed E-state index contributed by atoms with van der Waals surface area (Å²) < 4.78 is 0.972. The van der Waals surface area contributed by atoms with E-state index in [-0.39, 0.29) is 6.42 Å². The average molecular weight is 364 g/mol. The molecule has 0 spiro atoms. The van der Waals surface area contributed by atoms with Gasteiger partial charge in [-0.05, 0) is 29.7 Å². The maximum Gasteiger partial charge on any atom is 0.261 e. The van der Waals surface area contributed by atoms with Gasteiger partial charge in [0.25, 0.3) is 5.91 Å². The van der Waals surface area contributed by atoms with Gasteiger partial charge in [-0.1, -0.05) is 30.3 Å². The second kappa shape index (κ2) is 6.61. The fourth-order valence-electron chi connectivity index (χ4n) is 2.81. The maximum atomic E-state index is 12.5. The number of rotatable bonds is 5. The van der Waals surface area contributed by atoms with Crippen LogP contribution >= 0.6 is 11.3 Å². The van der Waals surface area contributed by atoms with Crippen molar-refractivity contribution in [1.29, 1.82) is 0 Å². The van der Waals surface area contributed by atoms with E-state index in [4.69, 9.17) is 0 Å². The summed E-state index contributed by atoms with van der Waals surface area (Å²) in [5.74, 6) is -1.30. The first kappa shape index (κ1) is 16.3. The number of thiophene rings is 1. The van der Waals surface area contributed by atoms with Crippen LogP contribution in [0.3, 0.4) is 0 Å². The topological polar surface area (TPSA) is 97.9 Å². The summed E-state index contributed by atoms with van der Waals surface area (Å²) in [4.78, 5) is 31.8. The van der Waals surface area contributed by atoms with Gasteiger partial charge in [-0.2, -0.15) is 0 Å². The number of para-hydroxylation sites is 2. The lowest BCUT2D eigenvalue weighted by Gasteiger charge is -2.18. The van der Waals surface area contributed by atoms with Crippen molar-refractivity contribution < 1.29 is 14.7 Å². The Labute approximate surface area is 152 Å². The van der Waals surface area contributed by atoms with Crippen molar-refractivity contribution in [2.24, 2.45) is 0 Å². The minimum absolute atomic E-state index is 0.0215. The number of aliphatic carboxylic acids is 1. The molecule has 130 valence electrons. The van der Waals surface area contributed by atoms with Gasteiger partial charge < -0.3 is 20.2 Å². The third kappa shape index (κ3) is 3.16. The number of hydrogen-bond donors (Lipinski definition) is 2. The molecule has 0 radical (unpaired) electrons. The summed E-state index contributed by atoms with van der Waals surface area (Å²) in [6.07, 6.45) is 0.0215. The molecule has 0 saturated carbocycles. The lowest BCUT2D eigenvalue weighted by molar-refractivity contribution is -0.308. The highest BCUT2D eigenvalue weighted by atomic mass is 32.1. The summed E-state index contributed by atoms with van der Waals surface area (Å²) in [5, 5.41) is 15.0. The van der Waals surface area contributed by atoms with E-state index in [1.54, 1.807) is 6.07 Å². The molecule has 4 rings (SSSR count). The van der Waals surface area contributed by atoms with Gasteiger partial charge >= 0.3 is 0 Å². The highest BCUT2D eigenvalue weighted by Gasteiger charge is 2.19. The van der Waals surface area contributed by atoms with E-state index in [0.717, 1.165) is 21.1 Å². The second-order valence-electron chi connectivity index (χ2n) is 5.90. The first-order valence-corrected chi connectivity index (χ1v) is 8.86. The number of imidazole rings is 1.